The summed E-state index contributed by atoms with van der Waals surface area (Å²) in [6.45, 7) is 0. The van der Waals surface area contributed by atoms with Crippen LogP contribution in [0.4, 0.5) is 5.69 Å². The normalized spacial score (nSPS) is 12.7. The highest BCUT2D eigenvalue weighted by Crippen LogP contribution is 2.40. The number of rotatable bonds is 8. The van der Waals surface area contributed by atoms with E-state index in [1.54, 1.807) is 18.2 Å². The number of esters is 2. The molecule has 0 aromatic heterocycles. The lowest BCUT2D eigenvalue weighted by Gasteiger charge is -2.26. The summed E-state index contributed by atoms with van der Waals surface area (Å²) in [7, 11) is 2.10. The maximum atomic E-state index is 12.4. The van der Waals surface area contributed by atoms with E-state index in [1.165, 1.54) is 24.3 Å². The molecule has 2 aromatic rings. The number of ether oxygens (including phenoxy) is 2. The fraction of sp³-hybridized carbons (Fsp3) is 0.263. The van der Waals surface area contributed by atoms with Crippen LogP contribution in [0.3, 0.4) is 0 Å². The molecule has 0 radical (unpaired) electrons. The van der Waals surface area contributed by atoms with Crippen molar-refractivity contribution in [2.24, 2.45) is 5.92 Å². The fourth-order valence-electron chi connectivity index (χ4n) is 3.13. The minimum absolute atomic E-state index is 0.182. The van der Waals surface area contributed by atoms with Crippen molar-refractivity contribution in [1.82, 2.24) is 0 Å². The van der Waals surface area contributed by atoms with Gasteiger partial charge in [0.2, 0.25) is 6.04 Å². The van der Waals surface area contributed by atoms with Crippen LogP contribution in [-0.2, 0) is 19.1 Å². The van der Waals surface area contributed by atoms with E-state index < -0.39 is 39.7 Å². The molecule has 0 aliphatic rings. The summed E-state index contributed by atoms with van der Waals surface area (Å²) in [6.07, 6.45) is 0. The molecular weight excluding hydrogens is 384 g/mol. The number of benzene rings is 2. The number of methoxy groups -OCH3 is 2. The van der Waals surface area contributed by atoms with Gasteiger partial charge in [-0.1, -0.05) is 42.5 Å². The molecule has 0 fully saturated rings. The Balaban J connectivity index is 2.71. The molecular formula is C19H18N2O8. The van der Waals surface area contributed by atoms with Crippen molar-refractivity contribution in [3.8, 4) is 0 Å². The van der Waals surface area contributed by atoms with Crippen molar-refractivity contribution < 1.29 is 28.9 Å². The lowest BCUT2D eigenvalue weighted by molar-refractivity contribution is -0.534. The Morgan fingerprint density at radius 1 is 0.828 bits per heavy atom. The monoisotopic (exact) mass is 402 g/mol. The van der Waals surface area contributed by atoms with Crippen LogP contribution in [0.1, 0.15) is 23.1 Å². The molecule has 0 spiro atoms. The number of nitrogens with zero attached hydrogens (tertiary/aromatic N) is 2. The van der Waals surface area contributed by atoms with E-state index in [9.17, 15) is 29.8 Å². The third-order valence-corrected chi connectivity index (χ3v) is 4.47. The summed E-state index contributed by atoms with van der Waals surface area (Å²) in [6, 6.07) is 11.2. The topological polar surface area (TPSA) is 139 Å². The standard InChI is InChI=1S/C19H18N2O8/c1-28-18(22)16(19(23)29-2)15(12-8-10-14(11-9-12)20(24)25)17(21(26)27)13-6-4-3-5-7-13/h3-11,15-17H,1-2H3. The van der Waals surface area contributed by atoms with Crippen LogP contribution in [0.2, 0.25) is 0 Å². The maximum absolute atomic E-state index is 12.4. The first kappa shape index (κ1) is 21.5. The SMILES string of the molecule is COC(=O)C(C(=O)OC)C(c1ccc([N+](=O)[O-])cc1)C(c1ccccc1)[N+](=O)[O-]. The summed E-state index contributed by atoms with van der Waals surface area (Å²) in [4.78, 5) is 46.5. The summed E-state index contributed by atoms with van der Waals surface area (Å²) in [5.41, 5.74) is 0.193. The number of hydrogen-bond donors (Lipinski definition) is 0. The average Bonchev–Trinajstić information content (AvgIpc) is 2.73. The Morgan fingerprint density at radius 2 is 1.34 bits per heavy atom. The molecule has 29 heavy (non-hydrogen) atoms. The summed E-state index contributed by atoms with van der Waals surface area (Å²) >= 11 is 0. The fourth-order valence-corrected chi connectivity index (χ4v) is 3.13. The van der Waals surface area contributed by atoms with Crippen molar-refractivity contribution >= 4 is 17.6 Å². The minimum atomic E-state index is -1.65. The minimum Gasteiger partial charge on any atom is -0.468 e. The molecule has 2 atom stereocenters. The Hall–Kier alpha value is -3.82. The van der Waals surface area contributed by atoms with Crippen LogP contribution < -0.4 is 0 Å². The van der Waals surface area contributed by atoms with Crippen molar-refractivity contribution in [3.05, 3.63) is 86.0 Å². The van der Waals surface area contributed by atoms with Gasteiger partial charge in [-0.2, -0.15) is 0 Å². The highest BCUT2D eigenvalue weighted by Gasteiger charge is 2.48. The molecule has 2 aromatic carbocycles. The van der Waals surface area contributed by atoms with Crippen molar-refractivity contribution in [2.75, 3.05) is 14.2 Å². The number of nitro groups is 2. The third kappa shape index (κ3) is 4.72. The molecule has 0 saturated heterocycles. The molecule has 0 aliphatic carbocycles. The van der Waals surface area contributed by atoms with Crippen LogP contribution >= 0.6 is 0 Å². The molecule has 152 valence electrons. The highest BCUT2D eigenvalue weighted by atomic mass is 16.6. The Kier molecular flexibility index (Phi) is 6.96. The molecule has 0 bridgehead atoms. The van der Waals surface area contributed by atoms with Gasteiger partial charge in [-0.15, -0.1) is 0 Å². The van der Waals surface area contributed by atoms with Gasteiger partial charge >= 0.3 is 11.9 Å². The van der Waals surface area contributed by atoms with Crippen LogP contribution in [0.5, 0.6) is 0 Å². The molecule has 0 saturated carbocycles. The maximum Gasteiger partial charge on any atom is 0.320 e. The second kappa shape index (κ2) is 9.40. The van der Waals surface area contributed by atoms with E-state index in [4.69, 9.17) is 9.47 Å². The first-order valence-corrected chi connectivity index (χ1v) is 8.40. The third-order valence-electron chi connectivity index (χ3n) is 4.47. The zero-order valence-electron chi connectivity index (χ0n) is 15.6. The van der Waals surface area contributed by atoms with Crippen LogP contribution in [0.15, 0.2) is 54.6 Å². The predicted molar refractivity (Wildman–Crippen MR) is 99.5 cm³/mol. The van der Waals surface area contributed by atoms with E-state index in [2.05, 4.69) is 0 Å². The lowest BCUT2D eigenvalue weighted by atomic mass is 9.78. The van der Waals surface area contributed by atoms with Crippen molar-refractivity contribution in [2.45, 2.75) is 12.0 Å². The van der Waals surface area contributed by atoms with Crippen LogP contribution in [0, 0.1) is 26.1 Å². The van der Waals surface area contributed by atoms with Gasteiger partial charge in [-0.3, -0.25) is 29.8 Å². The van der Waals surface area contributed by atoms with Crippen molar-refractivity contribution in [3.63, 3.8) is 0 Å². The number of carbonyl (C=O) groups excluding carboxylic acids is 2. The van der Waals surface area contributed by atoms with E-state index in [1.807, 2.05) is 0 Å². The predicted octanol–water partition coefficient (Wildman–Crippen LogP) is 2.66. The summed E-state index contributed by atoms with van der Waals surface area (Å²) < 4.78 is 9.39. The van der Waals surface area contributed by atoms with E-state index in [-0.39, 0.29) is 16.8 Å². The zero-order valence-corrected chi connectivity index (χ0v) is 15.6. The van der Waals surface area contributed by atoms with Crippen LogP contribution in [-0.4, -0.2) is 36.0 Å². The first-order valence-electron chi connectivity index (χ1n) is 8.40. The smallest absolute Gasteiger partial charge is 0.320 e. The second-order valence-electron chi connectivity index (χ2n) is 6.04. The van der Waals surface area contributed by atoms with Gasteiger partial charge in [-0.05, 0) is 5.56 Å². The zero-order chi connectivity index (χ0) is 21.6. The summed E-state index contributed by atoms with van der Waals surface area (Å²) in [5.74, 6) is -5.00. The van der Waals surface area contributed by atoms with E-state index >= 15 is 0 Å². The molecule has 0 N–H and O–H groups in total. The highest BCUT2D eigenvalue weighted by molar-refractivity contribution is 5.96. The molecule has 0 amide bonds. The lowest BCUT2D eigenvalue weighted by Crippen LogP contribution is -2.37. The largest absolute Gasteiger partial charge is 0.468 e. The first-order chi connectivity index (χ1) is 13.8. The van der Waals surface area contributed by atoms with Gasteiger partial charge in [-0.25, -0.2) is 0 Å². The Bertz CT molecular complexity index is 882. The second-order valence-corrected chi connectivity index (χ2v) is 6.04. The molecule has 2 unspecified atom stereocenters. The Morgan fingerprint density at radius 3 is 1.76 bits per heavy atom. The molecule has 2 rings (SSSR count). The van der Waals surface area contributed by atoms with E-state index in [0.29, 0.717) is 0 Å². The number of nitro benzene ring substituents is 1. The van der Waals surface area contributed by atoms with Gasteiger partial charge in [0.15, 0.2) is 5.92 Å². The van der Waals surface area contributed by atoms with Gasteiger partial charge in [0, 0.05) is 22.6 Å². The summed E-state index contributed by atoms with van der Waals surface area (Å²) in [5, 5.41) is 22.9. The van der Waals surface area contributed by atoms with Gasteiger partial charge in [0.25, 0.3) is 5.69 Å². The van der Waals surface area contributed by atoms with E-state index in [0.717, 1.165) is 26.4 Å². The number of non-ortho nitro benzene ring substituents is 1. The molecule has 10 heteroatoms. The van der Waals surface area contributed by atoms with Crippen LogP contribution in [0.25, 0.3) is 0 Å². The van der Waals surface area contributed by atoms with Crippen molar-refractivity contribution in [1.29, 1.82) is 0 Å². The number of carbonyl (C=O) groups is 2. The van der Waals surface area contributed by atoms with Gasteiger partial charge < -0.3 is 9.47 Å². The van der Waals surface area contributed by atoms with Gasteiger partial charge in [0.1, 0.15) is 0 Å². The molecule has 0 heterocycles. The quantitative estimate of drug-likeness (QED) is 0.284. The van der Waals surface area contributed by atoms with Gasteiger partial charge in [0.05, 0.1) is 25.1 Å². The average molecular weight is 402 g/mol. The molecule has 0 aliphatic heterocycles. The number of hydrogen-bond acceptors (Lipinski definition) is 8. The Labute approximate surface area is 165 Å². The molecule has 10 nitrogen and oxygen atoms in total.